The molecule has 2 aromatic carbocycles. The second-order valence-electron chi connectivity index (χ2n) is 6.90. The van der Waals surface area contributed by atoms with Crippen LogP contribution in [0.4, 0.5) is 5.69 Å². The van der Waals surface area contributed by atoms with E-state index in [1.165, 1.54) is 0 Å². The normalized spacial score (nSPS) is 15.3. The molecule has 0 fully saturated rings. The molecule has 1 heterocycles. The van der Waals surface area contributed by atoms with Crippen molar-refractivity contribution in [1.29, 1.82) is 0 Å². The first kappa shape index (κ1) is 23.7. The molecule has 0 bridgehead atoms. The number of rotatable bonds is 6. The number of benzene rings is 2. The zero-order valence-corrected chi connectivity index (χ0v) is 19.5. The molecule has 2 amide bonds. The smallest absolute Gasteiger partial charge is 0.251 e. The fourth-order valence-corrected chi connectivity index (χ4v) is 3.35. The molecule has 1 aliphatic rings. The number of hydrogen-bond acceptors (Lipinski definition) is 3. The number of carbonyl (C=O) groups is 2. The summed E-state index contributed by atoms with van der Waals surface area (Å²) in [6.45, 7) is 3.70. The standard InChI is InChI=1S/C22H27N5O2.HI/c1-3-24-21(29)16-10-8-15(9-11-16)13-25-22(23-2)26-14-17-12-20(28)27-19-7-5-4-6-18(17)19;/h4-11,17H,3,12-14H2,1-2H3,(H,24,29)(H,27,28)(H2,23,25,26);1H. The molecule has 0 radical (unpaired) electrons. The van der Waals surface area contributed by atoms with Crippen LogP contribution in [0.3, 0.4) is 0 Å². The van der Waals surface area contributed by atoms with E-state index in [1.807, 2.05) is 55.5 Å². The van der Waals surface area contributed by atoms with E-state index in [1.54, 1.807) is 7.05 Å². The van der Waals surface area contributed by atoms with E-state index in [0.29, 0.717) is 37.6 Å². The fraction of sp³-hybridized carbons (Fsp3) is 0.318. The van der Waals surface area contributed by atoms with Crippen LogP contribution in [0.1, 0.15) is 40.7 Å². The second-order valence-corrected chi connectivity index (χ2v) is 6.90. The zero-order chi connectivity index (χ0) is 20.6. The fourth-order valence-electron chi connectivity index (χ4n) is 3.35. The van der Waals surface area contributed by atoms with Crippen molar-refractivity contribution in [3.8, 4) is 0 Å². The third-order valence-electron chi connectivity index (χ3n) is 4.86. The maximum atomic E-state index is 12.0. The largest absolute Gasteiger partial charge is 0.356 e. The van der Waals surface area contributed by atoms with Gasteiger partial charge in [-0.15, -0.1) is 24.0 Å². The lowest BCUT2D eigenvalue weighted by Gasteiger charge is -2.26. The van der Waals surface area contributed by atoms with Crippen LogP contribution in [-0.4, -0.2) is 37.9 Å². The predicted molar refractivity (Wildman–Crippen MR) is 130 cm³/mol. The van der Waals surface area contributed by atoms with Crippen molar-refractivity contribution in [3.63, 3.8) is 0 Å². The Bertz CT molecular complexity index is 899. The Morgan fingerprint density at radius 1 is 1.10 bits per heavy atom. The molecule has 0 saturated carbocycles. The molecular formula is C22H28IN5O2. The number of hydrogen-bond donors (Lipinski definition) is 4. The summed E-state index contributed by atoms with van der Waals surface area (Å²) in [6.07, 6.45) is 0.447. The van der Waals surface area contributed by atoms with Gasteiger partial charge in [0.25, 0.3) is 5.91 Å². The number of carbonyl (C=O) groups excluding carboxylic acids is 2. The predicted octanol–water partition coefficient (Wildman–Crippen LogP) is 2.85. The van der Waals surface area contributed by atoms with Crippen LogP contribution >= 0.6 is 24.0 Å². The summed E-state index contributed by atoms with van der Waals surface area (Å²) in [7, 11) is 1.72. The molecule has 8 heteroatoms. The topological polar surface area (TPSA) is 94.6 Å². The van der Waals surface area contributed by atoms with E-state index in [0.717, 1.165) is 16.8 Å². The summed E-state index contributed by atoms with van der Waals surface area (Å²) in [5.74, 6) is 0.725. The van der Waals surface area contributed by atoms with Crippen LogP contribution in [0, 0.1) is 0 Å². The minimum Gasteiger partial charge on any atom is -0.356 e. The van der Waals surface area contributed by atoms with Gasteiger partial charge in [0.1, 0.15) is 0 Å². The van der Waals surface area contributed by atoms with Crippen LogP contribution in [0.2, 0.25) is 0 Å². The molecule has 160 valence electrons. The van der Waals surface area contributed by atoms with Crippen molar-refractivity contribution in [3.05, 3.63) is 65.2 Å². The van der Waals surface area contributed by atoms with Crippen molar-refractivity contribution in [2.45, 2.75) is 25.8 Å². The minimum absolute atomic E-state index is 0. The number of anilines is 1. The Labute approximate surface area is 194 Å². The molecule has 1 unspecified atom stereocenters. The maximum absolute atomic E-state index is 12.0. The third kappa shape index (κ3) is 6.19. The Balaban J connectivity index is 0.00000320. The highest BCUT2D eigenvalue weighted by Crippen LogP contribution is 2.31. The number of fused-ring (bicyclic) bond motifs is 1. The van der Waals surface area contributed by atoms with E-state index in [-0.39, 0.29) is 41.7 Å². The molecular weight excluding hydrogens is 493 g/mol. The van der Waals surface area contributed by atoms with Crippen molar-refractivity contribution in [1.82, 2.24) is 16.0 Å². The molecule has 7 nitrogen and oxygen atoms in total. The summed E-state index contributed by atoms with van der Waals surface area (Å²) in [6, 6.07) is 15.4. The molecule has 0 aromatic heterocycles. The maximum Gasteiger partial charge on any atom is 0.251 e. The van der Waals surface area contributed by atoms with Crippen LogP contribution in [0.15, 0.2) is 53.5 Å². The number of para-hydroxylation sites is 1. The van der Waals surface area contributed by atoms with Gasteiger partial charge in [0.15, 0.2) is 5.96 Å². The Kier molecular flexibility index (Phi) is 9.10. The number of guanidine groups is 1. The lowest BCUT2D eigenvalue weighted by atomic mass is 9.90. The Morgan fingerprint density at radius 2 is 1.83 bits per heavy atom. The first-order valence-corrected chi connectivity index (χ1v) is 9.81. The van der Waals surface area contributed by atoms with E-state index in [9.17, 15) is 9.59 Å². The van der Waals surface area contributed by atoms with Crippen molar-refractivity contribution in [2.75, 3.05) is 25.5 Å². The highest BCUT2D eigenvalue weighted by Gasteiger charge is 2.24. The second kappa shape index (κ2) is 11.5. The molecule has 30 heavy (non-hydrogen) atoms. The van der Waals surface area contributed by atoms with E-state index >= 15 is 0 Å². The molecule has 0 saturated heterocycles. The van der Waals surface area contributed by atoms with Crippen LogP contribution in [0.5, 0.6) is 0 Å². The summed E-state index contributed by atoms with van der Waals surface area (Å²) < 4.78 is 0. The van der Waals surface area contributed by atoms with Gasteiger partial charge < -0.3 is 21.3 Å². The molecule has 3 rings (SSSR count). The molecule has 0 aliphatic carbocycles. The summed E-state index contributed by atoms with van der Waals surface area (Å²) in [5, 5.41) is 12.3. The molecule has 1 aliphatic heterocycles. The number of amides is 2. The number of halogens is 1. The average Bonchev–Trinajstić information content (AvgIpc) is 2.74. The highest BCUT2D eigenvalue weighted by molar-refractivity contribution is 14.0. The quantitative estimate of drug-likeness (QED) is 0.267. The van der Waals surface area contributed by atoms with Crippen LogP contribution < -0.4 is 21.3 Å². The lowest BCUT2D eigenvalue weighted by Crippen LogP contribution is -2.40. The van der Waals surface area contributed by atoms with Gasteiger partial charge in [0, 0.05) is 50.3 Å². The van der Waals surface area contributed by atoms with Crippen molar-refractivity contribution in [2.24, 2.45) is 4.99 Å². The molecule has 2 aromatic rings. The van der Waals surface area contributed by atoms with Crippen LogP contribution in [-0.2, 0) is 11.3 Å². The summed E-state index contributed by atoms with van der Waals surface area (Å²) in [4.78, 5) is 28.1. The van der Waals surface area contributed by atoms with Crippen molar-refractivity contribution < 1.29 is 9.59 Å². The zero-order valence-electron chi connectivity index (χ0n) is 17.2. The number of nitrogens with zero attached hydrogens (tertiary/aromatic N) is 1. The summed E-state index contributed by atoms with van der Waals surface area (Å²) in [5.41, 5.74) is 3.71. The van der Waals surface area contributed by atoms with Gasteiger partial charge in [-0.3, -0.25) is 14.6 Å². The summed E-state index contributed by atoms with van der Waals surface area (Å²) >= 11 is 0. The Morgan fingerprint density at radius 3 is 2.53 bits per heavy atom. The van der Waals surface area contributed by atoms with E-state index in [2.05, 4.69) is 26.3 Å². The van der Waals surface area contributed by atoms with Crippen molar-refractivity contribution >= 4 is 47.4 Å². The average molecular weight is 521 g/mol. The van der Waals surface area contributed by atoms with Gasteiger partial charge in [-0.05, 0) is 36.2 Å². The lowest BCUT2D eigenvalue weighted by molar-refractivity contribution is -0.116. The van der Waals surface area contributed by atoms with Gasteiger partial charge in [0.05, 0.1) is 0 Å². The first-order chi connectivity index (χ1) is 14.1. The highest BCUT2D eigenvalue weighted by atomic mass is 127. The van der Waals surface area contributed by atoms with Gasteiger partial charge in [-0.2, -0.15) is 0 Å². The van der Waals surface area contributed by atoms with E-state index < -0.39 is 0 Å². The number of aliphatic imine (C=N–C) groups is 1. The monoisotopic (exact) mass is 521 g/mol. The number of nitrogens with one attached hydrogen (secondary N) is 4. The third-order valence-corrected chi connectivity index (χ3v) is 4.86. The van der Waals surface area contributed by atoms with E-state index in [4.69, 9.17) is 0 Å². The van der Waals surface area contributed by atoms with Gasteiger partial charge in [-0.25, -0.2) is 0 Å². The SMILES string of the molecule is CCNC(=O)c1ccc(CNC(=NC)NCC2CC(=O)Nc3ccccc32)cc1.I. The molecule has 4 N–H and O–H groups in total. The van der Waals surface area contributed by atoms with Gasteiger partial charge in [0.2, 0.25) is 5.91 Å². The van der Waals surface area contributed by atoms with Gasteiger partial charge >= 0.3 is 0 Å². The Hall–Kier alpha value is -2.62. The minimum atomic E-state index is -0.0683. The van der Waals surface area contributed by atoms with Crippen LogP contribution in [0.25, 0.3) is 0 Å². The molecule has 1 atom stereocenters. The van der Waals surface area contributed by atoms with Gasteiger partial charge in [-0.1, -0.05) is 30.3 Å². The molecule has 0 spiro atoms. The first-order valence-electron chi connectivity index (χ1n) is 9.81.